The van der Waals surface area contributed by atoms with Crippen molar-refractivity contribution < 1.29 is 18.3 Å². The van der Waals surface area contributed by atoms with Crippen LogP contribution in [0, 0.1) is 0 Å². The first-order valence-electron chi connectivity index (χ1n) is 7.16. The molecule has 2 rings (SSSR count). The molecule has 0 saturated heterocycles. The molecule has 8 heteroatoms. The van der Waals surface area contributed by atoms with Crippen LogP contribution < -0.4 is 4.72 Å². The Kier molecular flexibility index (Phi) is 5.17. The molecule has 124 valence electrons. The fourth-order valence-electron chi connectivity index (χ4n) is 1.97. The van der Waals surface area contributed by atoms with E-state index in [0.29, 0.717) is 12.2 Å². The van der Waals surface area contributed by atoms with Crippen LogP contribution in [0.1, 0.15) is 41.5 Å². The molecular formula is C15H19N3O4S. The van der Waals surface area contributed by atoms with Gasteiger partial charge < -0.3 is 10.1 Å². The maximum absolute atomic E-state index is 12.1. The van der Waals surface area contributed by atoms with Gasteiger partial charge in [0.25, 0.3) is 10.0 Å². The van der Waals surface area contributed by atoms with E-state index in [-0.39, 0.29) is 23.1 Å². The maximum atomic E-state index is 12.1. The van der Waals surface area contributed by atoms with Crippen molar-refractivity contribution in [3.63, 3.8) is 0 Å². The highest BCUT2D eigenvalue weighted by Crippen LogP contribution is 2.13. The Balaban J connectivity index is 1.95. The standard InChI is InChI=1S/C15H19N3O4S/c1-10(2)14-16-9-13(18-14)23(21,22)17-8-7-11-3-5-12(6-4-11)15(19)20/h3-6,9-10,17H,7-8H2,1-2H3,(H,16,18)(H,19,20). The molecule has 0 amide bonds. The van der Waals surface area contributed by atoms with Crippen molar-refractivity contribution in [2.24, 2.45) is 0 Å². The van der Waals surface area contributed by atoms with Crippen molar-refractivity contribution in [1.29, 1.82) is 0 Å². The number of aromatic carboxylic acids is 1. The second-order valence-electron chi connectivity index (χ2n) is 5.44. The summed E-state index contributed by atoms with van der Waals surface area (Å²) >= 11 is 0. The molecule has 0 bridgehead atoms. The molecule has 0 aliphatic rings. The predicted molar refractivity (Wildman–Crippen MR) is 85.0 cm³/mol. The summed E-state index contributed by atoms with van der Waals surface area (Å²) in [4.78, 5) is 17.6. The third-order valence-electron chi connectivity index (χ3n) is 3.32. The lowest BCUT2D eigenvalue weighted by atomic mass is 10.1. The van der Waals surface area contributed by atoms with Gasteiger partial charge >= 0.3 is 5.97 Å². The van der Waals surface area contributed by atoms with Crippen LogP contribution in [-0.2, 0) is 16.4 Å². The maximum Gasteiger partial charge on any atom is 0.335 e. The van der Waals surface area contributed by atoms with E-state index < -0.39 is 16.0 Å². The second-order valence-corrected chi connectivity index (χ2v) is 7.17. The highest BCUT2D eigenvalue weighted by molar-refractivity contribution is 7.89. The smallest absolute Gasteiger partial charge is 0.335 e. The van der Waals surface area contributed by atoms with Crippen LogP contribution in [0.2, 0.25) is 0 Å². The van der Waals surface area contributed by atoms with Crippen molar-refractivity contribution in [3.05, 3.63) is 47.4 Å². The van der Waals surface area contributed by atoms with Crippen LogP contribution in [0.4, 0.5) is 0 Å². The number of imidazole rings is 1. The fourth-order valence-corrected chi connectivity index (χ4v) is 2.93. The normalized spacial score (nSPS) is 11.8. The molecule has 0 atom stereocenters. The lowest BCUT2D eigenvalue weighted by Gasteiger charge is -2.05. The molecule has 23 heavy (non-hydrogen) atoms. The highest BCUT2D eigenvalue weighted by atomic mass is 32.2. The Morgan fingerprint density at radius 1 is 1.30 bits per heavy atom. The number of nitrogens with zero attached hydrogens (tertiary/aromatic N) is 1. The zero-order chi connectivity index (χ0) is 17.0. The van der Waals surface area contributed by atoms with Crippen molar-refractivity contribution in [2.45, 2.75) is 31.2 Å². The second kappa shape index (κ2) is 6.93. The Hall–Kier alpha value is -2.19. The molecule has 7 nitrogen and oxygen atoms in total. The monoisotopic (exact) mass is 337 g/mol. The number of carboxylic acids is 1. The van der Waals surface area contributed by atoms with Crippen LogP contribution in [0.15, 0.2) is 35.5 Å². The molecule has 0 spiro atoms. The number of carboxylic acid groups (broad SMARTS) is 1. The largest absolute Gasteiger partial charge is 0.478 e. The number of aromatic amines is 1. The lowest BCUT2D eigenvalue weighted by Crippen LogP contribution is -2.26. The number of hydrogen-bond donors (Lipinski definition) is 3. The van der Waals surface area contributed by atoms with Crippen LogP contribution in [-0.4, -0.2) is 36.0 Å². The number of sulfonamides is 1. The number of rotatable bonds is 7. The first kappa shape index (κ1) is 17.2. The number of hydrogen-bond acceptors (Lipinski definition) is 4. The summed E-state index contributed by atoms with van der Waals surface area (Å²) in [5.41, 5.74) is 1.05. The third-order valence-corrected chi connectivity index (χ3v) is 4.69. The molecule has 0 unspecified atom stereocenters. The van der Waals surface area contributed by atoms with E-state index in [4.69, 9.17) is 5.11 Å². The molecule has 0 aliphatic carbocycles. The minimum Gasteiger partial charge on any atom is -0.478 e. The van der Waals surface area contributed by atoms with Crippen LogP contribution >= 0.6 is 0 Å². The molecule has 3 N–H and O–H groups in total. The molecule has 2 aromatic rings. The topological polar surface area (TPSA) is 112 Å². The van der Waals surface area contributed by atoms with Crippen LogP contribution in [0.3, 0.4) is 0 Å². The third kappa shape index (κ3) is 4.40. The molecule has 1 aromatic carbocycles. The molecular weight excluding hydrogens is 318 g/mol. The van der Waals surface area contributed by atoms with Crippen LogP contribution in [0.25, 0.3) is 0 Å². The SMILES string of the molecule is CC(C)c1ncc(S(=O)(=O)NCCc2ccc(C(=O)O)cc2)[nH]1. The van der Waals surface area contributed by atoms with E-state index in [0.717, 1.165) is 5.56 Å². The summed E-state index contributed by atoms with van der Waals surface area (Å²) in [6, 6.07) is 6.33. The van der Waals surface area contributed by atoms with Gasteiger partial charge in [0.2, 0.25) is 0 Å². The minimum atomic E-state index is -3.63. The number of H-pyrrole nitrogens is 1. The first-order valence-corrected chi connectivity index (χ1v) is 8.64. The predicted octanol–water partition coefficient (Wildman–Crippen LogP) is 1.75. The Bertz CT molecular complexity index is 779. The molecule has 0 saturated carbocycles. The quantitative estimate of drug-likeness (QED) is 0.712. The summed E-state index contributed by atoms with van der Waals surface area (Å²) in [5.74, 6) is -0.251. The Morgan fingerprint density at radius 3 is 2.48 bits per heavy atom. The first-order chi connectivity index (χ1) is 10.8. The molecule has 0 radical (unpaired) electrons. The van der Waals surface area contributed by atoms with Gasteiger partial charge in [-0.05, 0) is 24.1 Å². The van der Waals surface area contributed by atoms with Gasteiger partial charge in [-0.15, -0.1) is 0 Å². The summed E-state index contributed by atoms with van der Waals surface area (Å²) < 4.78 is 26.8. The van der Waals surface area contributed by atoms with Crippen molar-refractivity contribution >= 4 is 16.0 Å². The van der Waals surface area contributed by atoms with E-state index in [2.05, 4.69) is 14.7 Å². The number of benzene rings is 1. The van der Waals surface area contributed by atoms with Gasteiger partial charge in [0.05, 0.1) is 11.8 Å². The summed E-state index contributed by atoms with van der Waals surface area (Å²) in [5, 5.41) is 8.87. The van der Waals surface area contributed by atoms with Gasteiger partial charge in [-0.25, -0.2) is 22.9 Å². The number of aromatic nitrogens is 2. The van der Waals surface area contributed by atoms with E-state index in [9.17, 15) is 13.2 Å². The van der Waals surface area contributed by atoms with Gasteiger partial charge in [-0.1, -0.05) is 26.0 Å². The van der Waals surface area contributed by atoms with E-state index in [1.807, 2.05) is 13.8 Å². The highest BCUT2D eigenvalue weighted by Gasteiger charge is 2.17. The molecule has 0 fully saturated rings. The minimum absolute atomic E-state index is 0.0439. The van der Waals surface area contributed by atoms with E-state index in [1.54, 1.807) is 12.1 Å². The number of carbonyl (C=O) groups is 1. The summed E-state index contributed by atoms with van der Waals surface area (Å²) in [7, 11) is -3.63. The van der Waals surface area contributed by atoms with Gasteiger partial charge in [0, 0.05) is 12.5 Å². The Labute approximate surface area is 134 Å². The van der Waals surface area contributed by atoms with Crippen molar-refractivity contribution in [2.75, 3.05) is 6.54 Å². The van der Waals surface area contributed by atoms with Gasteiger partial charge in [-0.3, -0.25) is 0 Å². The van der Waals surface area contributed by atoms with Crippen LogP contribution in [0.5, 0.6) is 0 Å². The molecule has 0 aliphatic heterocycles. The lowest BCUT2D eigenvalue weighted by molar-refractivity contribution is 0.0697. The summed E-state index contributed by atoms with van der Waals surface area (Å²) in [6.45, 7) is 4.05. The van der Waals surface area contributed by atoms with Crippen molar-refractivity contribution in [3.8, 4) is 0 Å². The zero-order valence-electron chi connectivity index (χ0n) is 12.9. The van der Waals surface area contributed by atoms with E-state index in [1.165, 1.54) is 18.3 Å². The van der Waals surface area contributed by atoms with Crippen molar-refractivity contribution in [1.82, 2.24) is 14.7 Å². The average molecular weight is 337 g/mol. The zero-order valence-corrected chi connectivity index (χ0v) is 13.7. The molecule has 1 heterocycles. The van der Waals surface area contributed by atoms with Gasteiger partial charge in [0.15, 0.2) is 5.03 Å². The fraction of sp³-hybridized carbons (Fsp3) is 0.333. The average Bonchev–Trinajstić information content (AvgIpc) is 2.98. The van der Waals surface area contributed by atoms with Gasteiger partial charge in [0.1, 0.15) is 5.82 Å². The van der Waals surface area contributed by atoms with Gasteiger partial charge in [-0.2, -0.15) is 0 Å². The molecule has 1 aromatic heterocycles. The van der Waals surface area contributed by atoms with E-state index >= 15 is 0 Å². The number of nitrogens with one attached hydrogen (secondary N) is 2. The Morgan fingerprint density at radius 2 is 1.96 bits per heavy atom. The summed E-state index contributed by atoms with van der Waals surface area (Å²) in [6.07, 6.45) is 1.77.